The van der Waals surface area contributed by atoms with Crippen LogP contribution in [0.25, 0.3) is 0 Å². The molecule has 0 radical (unpaired) electrons. The van der Waals surface area contributed by atoms with Crippen LogP contribution in [-0.4, -0.2) is 6.54 Å². The Morgan fingerprint density at radius 3 is 2.75 bits per heavy atom. The summed E-state index contributed by atoms with van der Waals surface area (Å²) in [6.07, 6.45) is 1.01. The molecular formula is C16H16ClFIN. The molecule has 0 aliphatic carbocycles. The highest BCUT2D eigenvalue weighted by Gasteiger charge is 2.17. The molecule has 1 N–H and O–H groups in total. The highest BCUT2D eigenvalue weighted by Crippen LogP contribution is 2.29. The van der Waals surface area contributed by atoms with Gasteiger partial charge in [0.25, 0.3) is 0 Å². The quantitative estimate of drug-likeness (QED) is 0.679. The number of nitrogens with one attached hydrogen (secondary N) is 1. The minimum atomic E-state index is -0.265. The molecule has 0 spiro atoms. The summed E-state index contributed by atoms with van der Waals surface area (Å²) in [5.74, 6) is -0.265. The van der Waals surface area contributed by atoms with Crippen LogP contribution in [-0.2, 0) is 0 Å². The summed E-state index contributed by atoms with van der Waals surface area (Å²) in [5.41, 5.74) is 1.87. The summed E-state index contributed by atoms with van der Waals surface area (Å²) in [6.45, 7) is 2.95. The first-order chi connectivity index (χ1) is 9.61. The van der Waals surface area contributed by atoms with Gasteiger partial charge < -0.3 is 5.32 Å². The summed E-state index contributed by atoms with van der Waals surface area (Å²) in [7, 11) is 0. The lowest BCUT2D eigenvalue weighted by molar-refractivity contribution is 0.585. The van der Waals surface area contributed by atoms with Crippen LogP contribution >= 0.6 is 34.2 Å². The molecule has 0 aromatic heterocycles. The molecule has 0 bridgehead atoms. The van der Waals surface area contributed by atoms with Crippen LogP contribution in [0, 0.1) is 9.39 Å². The number of hydrogen-bond donors (Lipinski definition) is 1. The molecule has 1 nitrogen and oxygen atoms in total. The monoisotopic (exact) mass is 403 g/mol. The van der Waals surface area contributed by atoms with Crippen molar-refractivity contribution in [3.8, 4) is 0 Å². The zero-order valence-corrected chi connectivity index (χ0v) is 14.1. The molecule has 2 aromatic rings. The second-order valence-corrected chi connectivity index (χ2v) is 6.26. The second-order valence-electron chi connectivity index (χ2n) is 4.61. The summed E-state index contributed by atoms with van der Waals surface area (Å²) in [4.78, 5) is 0. The van der Waals surface area contributed by atoms with Crippen LogP contribution in [0.5, 0.6) is 0 Å². The molecule has 1 unspecified atom stereocenters. The number of halogens is 3. The van der Waals surface area contributed by atoms with E-state index in [0.29, 0.717) is 5.02 Å². The smallest absolute Gasteiger partial charge is 0.123 e. The maximum Gasteiger partial charge on any atom is 0.123 e. The molecule has 0 saturated carbocycles. The Morgan fingerprint density at radius 1 is 1.25 bits per heavy atom. The summed E-state index contributed by atoms with van der Waals surface area (Å²) in [6, 6.07) is 12.6. The van der Waals surface area contributed by atoms with Gasteiger partial charge in [-0.1, -0.05) is 30.7 Å². The van der Waals surface area contributed by atoms with Crippen molar-refractivity contribution in [3.05, 3.63) is 68.0 Å². The van der Waals surface area contributed by atoms with Crippen LogP contribution < -0.4 is 5.32 Å². The van der Waals surface area contributed by atoms with Crippen molar-refractivity contribution in [2.24, 2.45) is 0 Å². The molecule has 4 heteroatoms. The van der Waals surface area contributed by atoms with E-state index in [4.69, 9.17) is 11.6 Å². The zero-order chi connectivity index (χ0) is 14.5. The van der Waals surface area contributed by atoms with Crippen LogP contribution in [0.1, 0.15) is 30.5 Å². The minimum absolute atomic E-state index is 0.0899. The predicted molar refractivity (Wildman–Crippen MR) is 90.7 cm³/mol. The normalized spacial score (nSPS) is 12.4. The summed E-state index contributed by atoms with van der Waals surface area (Å²) < 4.78 is 14.7. The fraction of sp³-hybridized carbons (Fsp3) is 0.250. The van der Waals surface area contributed by atoms with Gasteiger partial charge in [0, 0.05) is 8.59 Å². The van der Waals surface area contributed by atoms with Gasteiger partial charge in [-0.05, 0) is 77.0 Å². The minimum Gasteiger partial charge on any atom is -0.306 e. The van der Waals surface area contributed by atoms with Crippen LogP contribution in [0.15, 0.2) is 42.5 Å². The van der Waals surface area contributed by atoms with Crippen molar-refractivity contribution in [3.63, 3.8) is 0 Å². The van der Waals surface area contributed by atoms with E-state index in [9.17, 15) is 4.39 Å². The van der Waals surface area contributed by atoms with E-state index < -0.39 is 0 Å². The molecule has 106 valence electrons. The molecule has 0 saturated heterocycles. The molecule has 0 amide bonds. The average molecular weight is 404 g/mol. The molecule has 0 heterocycles. The molecule has 1 atom stereocenters. The standard InChI is InChI=1S/C16H16ClFIN/c1-2-8-20-16(11-4-3-5-13(19)9-11)14-10-12(18)6-7-15(14)17/h3-7,9-10,16,20H,2,8H2,1H3. The van der Waals surface area contributed by atoms with E-state index in [0.717, 1.165) is 27.7 Å². The van der Waals surface area contributed by atoms with E-state index >= 15 is 0 Å². The van der Waals surface area contributed by atoms with Crippen molar-refractivity contribution in [1.29, 1.82) is 0 Å². The first kappa shape index (κ1) is 15.7. The third kappa shape index (κ3) is 3.93. The fourth-order valence-electron chi connectivity index (χ4n) is 2.12. The number of benzene rings is 2. The maximum absolute atomic E-state index is 13.5. The van der Waals surface area contributed by atoms with Gasteiger partial charge in [-0.25, -0.2) is 4.39 Å². The van der Waals surface area contributed by atoms with Gasteiger partial charge in [0.1, 0.15) is 5.82 Å². The molecule has 2 rings (SSSR count). The van der Waals surface area contributed by atoms with E-state index in [2.05, 4.69) is 40.9 Å². The van der Waals surface area contributed by atoms with E-state index in [-0.39, 0.29) is 11.9 Å². The van der Waals surface area contributed by atoms with Gasteiger partial charge in [0.2, 0.25) is 0 Å². The molecule has 0 aliphatic rings. The Morgan fingerprint density at radius 2 is 2.05 bits per heavy atom. The lowest BCUT2D eigenvalue weighted by atomic mass is 9.98. The van der Waals surface area contributed by atoms with Crippen molar-refractivity contribution < 1.29 is 4.39 Å². The zero-order valence-electron chi connectivity index (χ0n) is 11.2. The molecule has 2 aromatic carbocycles. The highest BCUT2D eigenvalue weighted by atomic mass is 127. The van der Waals surface area contributed by atoms with E-state index in [1.54, 1.807) is 6.07 Å². The topological polar surface area (TPSA) is 12.0 Å². The lowest BCUT2D eigenvalue weighted by Gasteiger charge is -2.21. The van der Waals surface area contributed by atoms with Gasteiger partial charge >= 0.3 is 0 Å². The van der Waals surface area contributed by atoms with Gasteiger partial charge in [0.05, 0.1) is 6.04 Å². The second kappa shape index (κ2) is 7.38. The summed E-state index contributed by atoms with van der Waals surface area (Å²) in [5, 5.41) is 4.03. The first-order valence-electron chi connectivity index (χ1n) is 6.55. The molecule has 0 fully saturated rings. The van der Waals surface area contributed by atoms with Crippen molar-refractivity contribution in [1.82, 2.24) is 5.32 Å². The molecular weight excluding hydrogens is 388 g/mol. The lowest BCUT2D eigenvalue weighted by Crippen LogP contribution is -2.23. The van der Waals surface area contributed by atoms with Gasteiger partial charge in [-0.15, -0.1) is 0 Å². The van der Waals surface area contributed by atoms with Crippen molar-refractivity contribution >= 4 is 34.2 Å². The Kier molecular flexibility index (Phi) is 5.81. The van der Waals surface area contributed by atoms with Crippen LogP contribution in [0.3, 0.4) is 0 Å². The number of rotatable bonds is 5. The SMILES string of the molecule is CCCNC(c1cccc(I)c1)c1cc(F)ccc1Cl. The first-order valence-corrected chi connectivity index (χ1v) is 8.01. The van der Waals surface area contributed by atoms with Crippen LogP contribution in [0.2, 0.25) is 5.02 Å². The largest absolute Gasteiger partial charge is 0.306 e. The van der Waals surface area contributed by atoms with Gasteiger partial charge in [-0.2, -0.15) is 0 Å². The Labute approximate surface area is 137 Å². The van der Waals surface area contributed by atoms with E-state index in [1.807, 2.05) is 18.2 Å². The van der Waals surface area contributed by atoms with Crippen molar-refractivity contribution in [2.75, 3.05) is 6.54 Å². The Bertz CT molecular complexity index is 588. The average Bonchev–Trinajstić information content (AvgIpc) is 2.43. The number of hydrogen-bond acceptors (Lipinski definition) is 1. The predicted octanol–water partition coefficient (Wildman–Crippen LogP) is 5.17. The molecule has 0 aliphatic heterocycles. The van der Waals surface area contributed by atoms with Crippen molar-refractivity contribution in [2.45, 2.75) is 19.4 Å². The summed E-state index contributed by atoms with van der Waals surface area (Å²) >= 11 is 8.53. The molecule has 20 heavy (non-hydrogen) atoms. The third-order valence-electron chi connectivity index (χ3n) is 3.05. The fourth-order valence-corrected chi connectivity index (χ4v) is 2.91. The highest BCUT2D eigenvalue weighted by molar-refractivity contribution is 14.1. The Hall–Kier alpha value is -0.650. The van der Waals surface area contributed by atoms with Crippen LogP contribution in [0.4, 0.5) is 4.39 Å². The Balaban J connectivity index is 2.44. The van der Waals surface area contributed by atoms with E-state index in [1.165, 1.54) is 12.1 Å². The third-order valence-corrected chi connectivity index (χ3v) is 4.06. The van der Waals surface area contributed by atoms with Gasteiger partial charge in [-0.3, -0.25) is 0 Å². The maximum atomic E-state index is 13.5. The van der Waals surface area contributed by atoms with Gasteiger partial charge in [0.15, 0.2) is 0 Å².